The Balaban J connectivity index is 2.07. The van der Waals surface area contributed by atoms with Gasteiger partial charge in [-0.2, -0.15) is 0 Å². The zero-order chi connectivity index (χ0) is 11.9. The topological polar surface area (TPSA) is 38.5 Å². The molecule has 2 N–H and O–H groups in total. The average Bonchev–Trinajstić information content (AvgIpc) is 2.25. The van der Waals surface area contributed by atoms with Crippen molar-refractivity contribution in [3.8, 4) is 0 Å². The number of unbranched alkanes of at least 4 members (excludes halogenated alkanes) is 4. The normalized spacial score (nSPS) is 21.2. The predicted octanol–water partition coefficient (Wildman–Crippen LogP) is 2.01. The van der Waals surface area contributed by atoms with Crippen molar-refractivity contribution in [1.82, 2.24) is 4.90 Å². The van der Waals surface area contributed by atoms with Gasteiger partial charge in [0.15, 0.2) is 0 Å². The molecule has 0 aromatic carbocycles. The van der Waals surface area contributed by atoms with Gasteiger partial charge in [0.05, 0.1) is 13.2 Å². The summed E-state index contributed by atoms with van der Waals surface area (Å²) in [5, 5.41) is 0. The molecule has 1 rings (SSSR count). The molecule has 3 heteroatoms. The zero-order valence-corrected chi connectivity index (χ0v) is 11.0. The van der Waals surface area contributed by atoms with E-state index in [2.05, 4.69) is 18.7 Å². The van der Waals surface area contributed by atoms with E-state index in [1.807, 2.05) is 0 Å². The van der Waals surface area contributed by atoms with E-state index in [9.17, 15) is 0 Å². The van der Waals surface area contributed by atoms with Crippen LogP contribution in [0.2, 0.25) is 0 Å². The molecule has 1 aliphatic rings. The van der Waals surface area contributed by atoms with E-state index < -0.39 is 0 Å². The van der Waals surface area contributed by atoms with Gasteiger partial charge in [0.2, 0.25) is 0 Å². The molecule has 0 radical (unpaired) electrons. The van der Waals surface area contributed by atoms with Crippen molar-refractivity contribution in [2.24, 2.45) is 5.73 Å². The van der Waals surface area contributed by atoms with Gasteiger partial charge in [-0.1, -0.05) is 19.3 Å². The second-order valence-corrected chi connectivity index (χ2v) is 5.41. The first-order chi connectivity index (χ1) is 7.67. The summed E-state index contributed by atoms with van der Waals surface area (Å²) in [5.74, 6) is 0. The van der Waals surface area contributed by atoms with E-state index in [1.165, 1.54) is 38.6 Å². The van der Waals surface area contributed by atoms with Crippen LogP contribution < -0.4 is 5.73 Å². The number of rotatable bonds is 7. The van der Waals surface area contributed by atoms with Gasteiger partial charge in [0.25, 0.3) is 0 Å². The van der Waals surface area contributed by atoms with E-state index in [-0.39, 0.29) is 5.54 Å². The summed E-state index contributed by atoms with van der Waals surface area (Å²) >= 11 is 0. The van der Waals surface area contributed by atoms with Gasteiger partial charge in [-0.25, -0.2) is 0 Å². The number of nitrogens with zero attached hydrogens (tertiary/aromatic N) is 1. The van der Waals surface area contributed by atoms with E-state index in [1.54, 1.807) is 0 Å². The monoisotopic (exact) mass is 228 g/mol. The van der Waals surface area contributed by atoms with Gasteiger partial charge in [-0.15, -0.1) is 0 Å². The Hall–Kier alpha value is -0.120. The summed E-state index contributed by atoms with van der Waals surface area (Å²) in [7, 11) is 0. The highest BCUT2D eigenvalue weighted by Crippen LogP contribution is 2.19. The van der Waals surface area contributed by atoms with Gasteiger partial charge < -0.3 is 10.5 Å². The van der Waals surface area contributed by atoms with Crippen molar-refractivity contribution in [3.63, 3.8) is 0 Å². The Morgan fingerprint density at radius 1 is 1.12 bits per heavy atom. The Bertz CT molecular complexity index is 183. The fourth-order valence-corrected chi connectivity index (χ4v) is 2.28. The Labute approximate surface area is 100 Å². The largest absolute Gasteiger partial charge is 0.378 e. The lowest BCUT2D eigenvalue weighted by Crippen LogP contribution is -2.53. The molecule has 1 saturated heterocycles. The van der Waals surface area contributed by atoms with Crippen molar-refractivity contribution in [1.29, 1.82) is 0 Å². The fraction of sp³-hybridized carbons (Fsp3) is 1.00. The van der Waals surface area contributed by atoms with Crippen LogP contribution in [-0.4, -0.2) is 43.3 Å². The first-order valence-electron chi connectivity index (χ1n) is 6.70. The van der Waals surface area contributed by atoms with E-state index in [0.29, 0.717) is 0 Å². The molecule has 0 spiro atoms. The number of ether oxygens (including phenoxy) is 1. The van der Waals surface area contributed by atoms with Crippen LogP contribution in [-0.2, 0) is 4.74 Å². The van der Waals surface area contributed by atoms with Gasteiger partial charge in [-0.3, -0.25) is 4.90 Å². The molecule has 0 aromatic rings. The molecule has 0 amide bonds. The summed E-state index contributed by atoms with van der Waals surface area (Å²) < 4.78 is 5.52. The molecular formula is C13H28N2O. The summed E-state index contributed by atoms with van der Waals surface area (Å²) in [4.78, 5) is 2.57. The first-order valence-corrected chi connectivity index (χ1v) is 6.70. The molecule has 0 unspecified atom stereocenters. The second kappa shape index (κ2) is 7.25. The van der Waals surface area contributed by atoms with Crippen molar-refractivity contribution in [2.45, 2.75) is 51.5 Å². The molecular weight excluding hydrogens is 200 g/mol. The van der Waals surface area contributed by atoms with Gasteiger partial charge >= 0.3 is 0 Å². The number of nitrogens with two attached hydrogens (primary N) is 1. The highest BCUT2D eigenvalue weighted by molar-refractivity contribution is 4.84. The fourth-order valence-electron chi connectivity index (χ4n) is 2.28. The van der Waals surface area contributed by atoms with Crippen molar-refractivity contribution in [2.75, 3.05) is 32.8 Å². The summed E-state index contributed by atoms with van der Waals surface area (Å²) in [6.07, 6.45) is 6.47. The summed E-state index contributed by atoms with van der Waals surface area (Å²) in [6.45, 7) is 9.49. The van der Waals surface area contributed by atoms with E-state index in [4.69, 9.17) is 10.5 Å². The quantitative estimate of drug-likeness (QED) is 0.677. The molecule has 96 valence electrons. The van der Waals surface area contributed by atoms with Crippen molar-refractivity contribution < 1.29 is 4.74 Å². The van der Waals surface area contributed by atoms with Crippen LogP contribution in [0.5, 0.6) is 0 Å². The van der Waals surface area contributed by atoms with Crippen LogP contribution in [0.3, 0.4) is 0 Å². The number of hydrogen-bond donors (Lipinski definition) is 1. The first kappa shape index (κ1) is 13.9. The SMILES string of the molecule is CC1(C)COCCN1CCCCCCCN. The minimum absolute atomic E-state index is 0.232. The molecule has 16 heavy (non-hydrogen) atoms. The highest BCUT2D eigenvalue weighted by Gasteiger charge is 2.29. The van der Waals surface area contributed by atoms with Crippen LogP contribution in [0.1, 0.15) is 46.0 Å². The standard InChI is InChI=1S/C13H28N2O/c1-13(2)12-16-11-10-15(13)9-7-5-3-4-6-8-14/h3-12,14H2,1-2H3. The third kappa shape index (κ3) is 4.81. The van der Waals surface area contributed by atoms with Crippen LogP contribution in [0.25, 0.3) is 0 Å². The molecule has 1 fully saturated rings. The average molecular weight is 228 g/mol. The van der Waals surface area contributed by atoms with Crippen molar-refractivity contribution in [3.05, 3.63) is 0 Å². The van der Waals surface area contributed by atoms with Gasteiger partial charge in [0, 0.05) is 12.1 Å². The molecule has 3 nitrogen and oxygen atoms in total. The molecule has 1 heterocycles. The predicted molar refractivity (Wildman–Crippen MR) is 68.6 cm³/mol. The van der Waals surface area contributed by atoms with Crippen LogP contribution in [0.4, 0.5) is 0 Å². The lowest BCUT2D eigenvalue weighted by molar-refractivity contribution is -0.0513. The molecule has 0 aliphatic carbocycles. The van der Waals surface area contributed by atoms with Crippen LogP contribution in [0.15, 0.2) is 0 Å². The van der Waals surface area contributed by atoms with Gasteiger partial charge in [-0.05, 0) is 39.8 Å². The maximum absolute atomic E-state index is 5.52. The highest BCUT2D eigenvalue weighted by atomic mass is 16.5. The smallest absolute Gasteiger partial charge is 0.0645 e. The van der Waals surface area contributed by atoms with Gasteiger partial charge in [0.1, 0.15) is 0 Å². The summed E-state index contributed by atoms with van der Waals surface area (Å²) in [5.41, 5.74) is 5.71. The van der Waals surface area contributed by atoms with E-state index >= 15 is 0 Å². The molecule has 1 aliphatic heterocycles. The minimum atomic E-state index is 0.232. The molecule has 0 bridgehead atoms. The van der Waals surface area contributed by atoms with Crippen LogP contribution >= 0.6 is 0 Å². The number of morpholine rings is 1. The lowest BCUT2D eigenvalue weighted by atomic mass is 10.0. The second-order valence-electron chi connectivity index (χ2n) is 5.41. The third-order valence-electron chi connectivity index (χ3n) is 3.45. The maximum atomic E-state index is 5.52. The lowest BCUT2D eigenvalue weighted by Gasteiger charge is -2.42. The van der Waals surface area contributed by atoms with Crippen molar-refractivity contribution >= 4 is 0 Å². The van der Waals surface area contributed by atoms with Crippen LogP contribution in [0, 0.1) is 0 Å². The molecule has 0 atom stereocenters. The Kier molecular flexibility index (Phi) is 6.32. The van der Waals surface area contributed by atoms with E-state index in [0.717, 1.165) is 26.3 Å². The molecule has 0 aromatic heterocycles. The Morgan fingerprint density at radius 2 is 1.81 bits per heavy atom. The number of hydrogen-bond acceptors (Lipinski definition) is 3. The third-order valence-corrected chi connectivity index (χ3v) is 3.45. The summed E-state index contributed by atoms with van der Waals surface area (Å²) in [6, 6.07) is 0. The minimum Gasteiger partial charge on any atom is -0.378 e. The maximum Gasteiger partial charge on any atom is 0.0645 e. The zero-order valence-electron chi connectivity index (χ0n) is 11.0. The Morgan fingerprint density at radius 3 is 2.50 bits per heavy atom. The molecule has 0 saturated carbocycles.